The number of hydrazone groups is 1. The molecule has 0 bridgehead atoms. The Morgan fingerprint density at radius 2 is 2.00 bits per heavy atom. The topological polar surface area (TPSA) is 61.8 Å². The van der Waals surface area contributed by atoms with Crippen LogP contribution >= 0.6 is 0 Å². The Hall–Kier alpha value is -1.56. The third-order valence-corrected chi connectivity index (χ3v) is 6.03. The first-order valence-electron chi connectivity index (χ1n) is 7.49. The van der Waals surface area contributed by atoms with E-state index >= 15 is 0 Å². The molecule has 2 aliphatic rings. The lowest BCUT2D eigenvalue weighted by atomic mass is 9.94. The molecule has 2 heterocycles. The number of hydrogen-bond acceptors (Lipinski definition) is 4. The normalized spacial score (nSPS) is 25.1. The van der Waals surface area contributed by atoms with Crippen LogP contribution in [0.4, 0.5) is 5.69 Å². The molecule has 0 spiro atoms. The highest BCUT2D eigenvalue weighted by molar-refractivity contribution is 7.92. The van der Waals surface area contributed by atoms with Crippen molar-refractivity contribution in [2.24, 2.45) is 11.0 Å². The van der Waals surface area contributed by atoms with Gasteiger partial charge in [-0.3, -0.25) is 4.31 Å². The van der Waals surface area contributed by atoms with E-state index in [0.717, 1.165) is 42.8 Å². The number of anilines is 1. The molecule has 2 aliphatic heterocycles. The minimum atomic E-state index is -3.13. The number of nitrogens with zero attached hydrogens (tertiary/aromatic N) is 2. The molecule has 1 aromatic carbocycles. The van der Waals surface area contributed by atoms with Gasteiger partial charge in [-0.1, -0.05) is 19.1 Å². The van der Waals surface area contributed by atoms with Gasteiger partial charge in [-0.2, -0.15) is 5.10 Å². The van der Waals surface area contributed by atoms with Gasteiger partial charge in [-0.05, 0) is 37.0 Å². The molecular formula is C15H21N3O2S. The summed E-state index contributed by atoms with van der Waals surface area (Å²) in [6.45, 7) is 3.66. The summed E-state index contributed by atoms with van der Waals surface area (Å²) in [5.41, 5.74) is 5.91. The molecule has 5 nitrogen and oxygen atoms in total. The van der Waals surface area contributed by atoms with Crippen molar-refractivity contribution in [3.05, 3.63) is 29.8 Å². The van der Waals surface area contributed by atoms with Crippen molar-refractivity contribution in [1.82, 2.24) is 5.43 Å². The van der Waals surface area contributed by atoms with Crippen LogP contribution in [-0.2, 0) is 10.0 Å². The van der Waals surface area contributed by atoms with E-state index in [2.05, 4.69) is 17.5 Å². The second kappa shape index (κ2) is 5.67. The molecule has 0 unspecified atom stereocenters. The fraction of sp³-hybridized carbons (Fsp3) is 0.533. The molecule has 0 amide bonds. The second-order valence-electron chi connectivity index (χ2n) is 5.74. The maximum Gasteiger partial charge on any atom is 0.235 e. The van der Waals surface area contributed by atoms with Crippen molar-refractivity contribution in [3.8, 4) is 0 Å². The molecule has 0 radical (unpaired) electrons. The SMILES string of the molecule is C[C@@H]1CCNN=C1c1ccc(N2CCCCS2(=O)=O)cc1. The molecule has 6 heteroatoms. The highest BCUT2D eigenvalue weighted by atomic mass is 32.2. The van der Waals surface area contributed by atoms with Crippen LogP contribution in [0.25, 0.3) is 0 Å². The lowest BCUT2D eigenvalue weighted by molar-refractivity contribution is 0.571. The van der Waals surface area contributed by atoms with Crippen LogP contribution in [0.2, 0.25) is 0 Å². The molecule has 1 saturated heterocycles. The maximum atomic E-state index is 12.1. The lowest BCUT2D eigenvalue weighted by Gasteiger charge is -2.28. The number of rotatable bonds is 2. The van der Waals surface area contributed by atoms with Crippen LogP contribution in [0.15, 0.2) is 29.4 Å². The van der Waals surface area contributed by atoms with Gasteiger partial charge in [0.15, 0.2) is 0 Å². The van der Waals surface area contributed by atoms with E-state index in [-0.39, 0.29) is 5.75 Å². The molecule has 1 aromatic rings. The van der Waals surface area contributed by atoms with Gasteiger partial charge in [0, 0.05) is 19.0 Å². The third kappa shape index (κ3) is 2.90. The molecule has 3 rings (SSSR count). The summed E-state index contributed by atoms with van der Waals surface area (Å²) in [6, 6.07) is 7.73. The number of nitrogens with one attached hydrogen (secondary N) is 1. The summed E-state index contributed by atoms with van der Waals surface area (Å²) in [4.78, 5) is 0. The van der Waals surface area contributed by atoms with Gasteiger partial charge < -0.3 is 5.43 Å². The van der Waals surface area contributed by atoms with E-state index in [1.54, 1.807) is 0 Å². The van der Waals surface area contributed by atoms with Gasteiger partial charge in [0.2, 0.25) is 10.0 Å². The van der Waals surface area contributed by atoms with Crippen molar-refractivity contribution < 1.29 is 8.42 Å². The Kier molecular flexibility index (Phi) is 3.89. The third-order valence-electron chi connectivity index (χ3n) is 4.16. The van der Waals surface area contributed by atoms with E-state index in [1.807, 2.05) is 24.3 Å². The molecule has 0 aromatic heterocycles. The van der Waals surface area contributed by atoms with Gasteiger partial charge in [0.1, 0.15) is 0 Å². The minimum Gasteiger partial charge on any atom is -0.310 e. The summed E-state index contributed by atoms with van der Waals surface area (Å²) in [7, 11) is -3.13. The van der Waals surface area contributed by atoms with Gasteiger partial charge in [-0.15, -0.1) is 0 Å². The molecule has 1 N–H and O–H groups in total. The zero-order valence-electron chi connectivity index (χ0n) is 12.2. The van der Waals surface area contributed by atoms with Crippen molar-refractivity contribution >= 4 is 21.4 Å². The van der Waals surface area contributed by atoms with E-state index in [4.69, 9.17) is 0 Å². The molecule has 1 atom stereocenters. The predicted molar refractivity (Wildman–Crippen MR) is 85.1 cm³/mol. The number of hydrogen-bond donors (Lipinski definition) is 1. The zero-order chi connectivity index (χ0) is 14.9. The van der Waals surface area contributed by atoms with Gasteiger partial charge in [-0.25, -0.2) is 8.42 Å². The Morgan fingerprint density at radius 1 is 1.24 bits per heavy atom. The minimum absolute atomic E-state index is 0.252. The number of sulfonamides is 1. The molecule has 1 fully saturated rings. The van der Waals surface area contributed by atoms with Crippen molar-refractivity contribution in [2.45, 2.75) is 26.2 Å². The predicted octanol–water partition coefficient (Wildman–Crippen LogP) is 1.95. The van der Waals surface area contributed by atoms with E-state index in [1.165, 1.54) is 4.31 Å². The molecular weight excluding hydrogens is 286 g/mol. The van der Waals surface area contributed by atoms with Crippen LogP contribution in [0, 0.1) is 5.92 Å². The van der Waals surface area contributed by atoms with Crippen LogP contribution in [0.3, 0.4) is 0 Å². The monoisotopic (exact) mass is 307 g/mol. The molecule has 114 valence electrons. The zero-order valence-corrected chi connectivity index (χ0v) is 13.1. The Morgan fingerprint density at radius 3 is 2.67 bits per heavy atom. The van der Waals surface area contributed by atoms with Gasteiger partial charge >= 0.3 is 0 Å². The Labute approximate surface area is 126 Å². The maximum absolute atomic E-state index is 12.1. The summed E-state index contributed by atoms with van der Waals surface area (Å²) in [5.74, 6) is 0.679. The second-order valence-corrected chi connectivity index (χ2v) is 7.75. The molecule has 0 saturated carbocycles. The smallest absolute Gasteiger partial charge is 0.235 e. The fourth-order valence-corrected chi connectivity index (χ4v) is 4.53. The van der Waals surface area contributed by atoms with Gasteiger partial charge in [0.25, 0.3) is 0 Å². The highest BCUT2D eigenvalue weighted by Crippen LogP contribution is 2.25. The largest absolute Gasteiger partial charge is 0.310 e. The van der Waals surface area contributed by atoms with Crippen LogP contribution < -0.4 is 9.73 Å². The van der Waals surface area contributed by atoms with Crippen LogP contribution in [0.1, 0.15) is 31.7 Å². The number of benzene rings is 1. The standard InChI is InChI=1S/C15H21N3O2S/c1-12-8-9-16-17-15(12)13-4-6-14(7-5-13)18-10-2-3-11-21(18,19)20/h4-7,12,16H,2-3,8-11H2,1H3/t12-/m1/s1. The van der Waals surface area contributed by atoms with Crippen molar-refractivity contribution in [1.29, 1.82) is 0 Å². The van der Waals surface area contributed by atoms with Crippen LogP contribution in [0.5, 0.6) is 0 Å². The summed E-state index contributed by atoms with van der Waals surface area (Å²) in [6.07, 6.45) is 2.76. The first-order chi connectivity index (χ1) is 10.1. The van der Waals surface area contributed by atoms with E-state index in [9.17, 15) is 8.42 Å². The first-order valence-corrected chi connectivity index (χ1v) is 9.10. The Bertz CT molecular complexity index is 637. The summed E-state index contributed by atoms with van der Waals surface area (Å²) < 4.78 is 25.8. The van der Waals surface area contributed by atoms with Crippen molar-refractivity contribution in [2.75, 3.05) is 23.1 Å². The lowest BCUT2D eigenvalue weighted by Crippen LogP contribution is -2.37. The molecule has 0 aliphatic carbocycles. The fourth-order valence-electron chi connectivity index (χ4n) is 2.90. The van der Waals surface area contributed by atoms with Crippen LogP contribution in [-0.4, -0.2) is 33.0 Å². The summed E-state index contributed by atoms with van der Waals surface area (Å²) >= 11 is 0. The average Bonchev–Trinajstić information content (AvgIpc) is 2.48. The highest BCUT2D eigenvalue weighted by Gasteiger charge is 2.26. The quantitative estimate of drug-likeness (QED) is 0.908. The Balaban J connectivity index is 1.86. The first kappa shape index (κ1) is 14.4. The average molecular weight is 307 g/mol. The summed E-state index contributed by atoms with van der Waals surface area (Å²) in [5, 5.41) is 4.39. The molecule has 21 heavy (non-hydrogen) atoms. The van der Waals surface area contributed by atoms with E-state index in [0.29, 0.717) is 12.5 Å². The van der Waals surface area contributed by atoms with E-state index < -0.39 is 10.0 Å². The van der Waals surface area contributed by atoms with Gasteiger partial charge in [0.05, 0.1) is 17.2 Å². The van der Waals surface area contributed by atoms with Crippen molar-refractivity contribution in [3.63, 3.8) is 0 Å².